The molecule has 10 amide bonds. The molecule has 3 unspecified atom stereocenters. The molecule has 34 nitrogen and oxygen atoms in total. The van der Waals surface area contributed by atoms with Crippen LogP contribution in [0.25, 0.3) is 0 Å². The molecule has 0 radical (unpaired) electrons. The summed E-state index contributed by atoms with van der Waals surface area (Å²) in [5, 5.41) is 53.4. The Balaban J connectivity index is 2.10. The van der Waals surface area contributed by atoms with Crippen LogP contribution in [0.15, 0.2) is 9.81 Å². The summed E-state index contributed by atoms with van der Waals surface area (Å²) < 4.78 is 17.0. The monoisotopic (exact) mass is 1420 g/mol. The first-order chi connectivity index (χ1) is 46.3. The molecule has 1 saturated heterocycles. The number of imide groups is 1. The van der Waals surface area contributed by atoms with E-state index in [1.54, 1.807) is 16.7 Å². The minimum atomic E-state index is -1.68. The van der Waals surface area contributed by atoms with Gasteiger partial charge in [0.05, 0.1) is 101 Å². The molecule has 3 atom stereocenters. The highest BCUT2D eigenvalue weighted by atomic mass is 32.2. The van der Waals surface area contributed by atoms with Crippen LogP contribution in [-0.2, 0) is 81.3 Å². The van der Waals surface area contributed by atoms with E-state index < -0.39 is 115 Å². The van der Waals surface area contributed by atoms with Gasteiger partial charge in [-0.3, -0.25) is 82.0 Å². The molecule has 0 saturated carbocycles. The van der Waals surface area contributed by atoms with E-state index in [0.717, 1.165) is 35.8 Å². The van der Waals surface area contributed by atoms with Crippen molar-refractivity contribution in [1.29, 1.82) is 0 Å². The van der Waals surface area contributed by atoms with Crippen molar-refractivity contribution >= 4 is 107 Å². The molecule has 2 aliphatic heterocycles. The SMILES string of the molecule is CCCCCC(=O)NC(CSC1=C(SCC(NC(=O)CNC(=O)CNC(=O)CC(C)O)C(=O)O)C(=O)N(CCCOCCOCCOCCCNC(=O)CN2CCN(CC=O)CCN(CC(=O)O)CCN(CC(=O)O)CC2)C1=O)C(=O)N(CCC)CC(=O)N(CCC)CC(=O)NC. The number of carboxylic acids is 3. The Hall–Kier alpha value is -6.90. The highest BCUT2D eigenvalue weighted by Crippen LogP contribution is 2.37. The van der Waals surface area contributed by atoms with Gasteiger partial charge >= 0.3 is 17.9 Å². The van der Waals surface area contributed by atoms with E-state index in [1.807, 2.05) is 23.6 Å². The highest BCUT2D eigenvalue weighted by molar-refractivity contribution is 8.08. The molecule has 0 aromatic heterocycles. The van der Waals surface area contributed by atoms with E-state index in [2.05, 4.69) is 31.9 Å². The summed E-state index contributed by atoms with van der Waals surface area (Å²) in [6, 6.07) is -3.03. The number of carbonyl (C=O) groups excluding carboxylic acids is 11. The Morgan fingerprint density at radius 2 is 1.05 bits per heavy atom. The first-order valence-electron chi connectivity index (χ1n) is 32.8. The van der Waals surface area contributed by atoms with Gasteiger partial charge < -0.3 is 81.1 Å². The molecule has 0 bridgehead atoms. The summed E-state index contributed by atoms with van der Waals surface area (Å²) in [7, 11) is 1.43. The second-order valence-corrected chi connectivity index (χ2v) is 25.0. The number of aliphatic hydroxyl groups is 1. The van der Waals surface area contributed by atoms with E-state index in [1.165, 1.54) is 23.8 Å². The molecular formula is C61H103N13O21S2. The van der Waals surface area contributed by atoms with Gasteiger partial charge in [-0.25, -0.2) is 4.79 Å². The average molecular weight is 1420 g/mol. The molecule has 2 aliphatic rings. The van der Waals surface area contributed by atoms with Crippen LogP contribution in [0.2, 0.25) is 0 Å². The lowest BCUT2D eigenvalue weighted by atomic mass is 10.2. The van der Waals surface area contributed by atoms with Crippen LogP contribution in [0.4, 0.5) is 0 Å². The third-order valence-corrected chi connectivity index (χ3v) is 17.1. The van der Waals surface area contributed by atoms with Crippen molar-refractivity contribution in [2.75, 3.05) is 189 Å². The van der Waals surface area contributed by atoms with Gasteiger partial charge in [0.15, 0.2) is 0 Å². The van der Waals surface area contributed by atoms with Crippen LogP contribution in [0.3, 0.4) is 0 Å². The number of ether oxygens (including phenoxy) is 3. The standard InChI is InChI=1S/C61H103N13O21S2/c1-6-9-10-13-47(77)66-45(58(88)73(16-8-3)39-53(83)72(15-7-2)38-51(81)62-5)42-96-56-57(97-43-46(61(91)92)67-50(80)36-65-49(79)35-64-48(78)34-44(4)76)60(90)74(59(56)89)17-12-29-94-31-33-95-32-30-93-28-11-14-63-52(82)37-69-20-18-68(26-27-75)19-21-70(40-54(84)85)24-25-71(23-22-69)41-55(86)87/h27,44-46,76H,6-26,28-43H2,1-5H3,(H,62,81)(H,63,82)(H,64,78)(H,65,79)(H,66,77)(H,67,80)(H,84,85)(H,86,87)(H,91,92). The molecule has 97 heavy (non-hydrogen) atoms. The van der Waals surface area contributed by atoms with E-state index >= 15 is 0 Å². The van der Waals surface area contributed by atoms with Crippen molar-refractivity contribution in [3.8, 4) is 0 Å². The number of aliphatic hydroxyl groups excluding tert-OH is 1. The maximum absolute atomic E-state index is 14.5. The number of rotatable bonds is 50. The van der Waals surface area contributed by atoms with E-state index in [-0.39, 0.29) is 126 Å². The molecule has 2 heterocycles. The van der Waals surface area contributed by atoms with Crippen LogP contribution >= 0.6 is 23.5 Å². The summed E-state index contributed by atoms with van der Waals surface area (Å²) in [5.41, 5.74) is 0. The van der Waals surface area contributed by atoms with Crippen LogP contribution in [0, 0.1) is 0 Å². The Bertz CT molecular complexity index is 2590. The largest absolute Gasteiger partial charge is 0.480 e. The molecule has 550 valence electrons. The Morgan fingerprint density at radius 1 is 0.557 bits per heavy atom. The van der Waals surface area contributed by atoms with Gasteiger partial charge in [-0.1, -0.05) is 33.6 Å². The predicted molar refractivity (Wildman–Crippen MR) is 356 cm³/mol. The topological polar surface area (TPSA) is 442 Å². The van der Waals surface area contributed by atoms with Gasteiger partial charge in [0.2, 0.25) is 47.3 Å². The minimum Gasteiger partial charge on any atom is -0.480 e. The molecule has 1 fully saturated rings. The molecule has 0 aromatic rings. The smallest absolute Gasteiger partial charge is 0.327 e. The number of nitrogens with zero attached hydrogens (tertiary/aromatic N) is 7. The predicted octanol–water partition coefficient (Wildman–Crippen LogP) is -3.57. The van der Waals surface area contributed by atoms with Gasteiger partial charge in [0.1, 0.15) is 18.4 Å². The van der Waals surface area contributed by atoms with Crippen LogP contribution in [-0.4, -0.2) is 345 Å². The fraction of sp³-hybridized carbons (Fsp3) is 0.738. The second kappa shape index (κ2) is 50.4. The first kappa shape index (κ1) is 86.2. The number of carbonyl (C=O) groups is 14. The molecule has 0 aromatic carbocycles. The zero-order valence-electron chi connectivity index (χ0n) is 56.6. The fourth-order valence-corrected chi connectivity index (χ4v) is 11.9. The van der Waals surface area contributed by atoms with Crippen molar-refractivity contribution in [2.45, 2.75) is 104 Å². The van der Waals surface area contributed by atoms with Crippen molar-refractivity contribution in [2.24, 2.45) is 0 Å². The summed E-state index contributed by atoms with van der Waals surface area (Å²) in [5.74, 6) is -10.7. The molecular weight excluding hydrogens is 1310 g/mol. The van der Waals surface area contributed by atoms with Crippen molar-refractivity contribution in [3.05, 3.63) is 9.81 Å². The van der Waals surface area contributed by atoms with Crippen molar-refractivity contribution in [3.63, 3.8) is 0 Å². The summed E-state index contributed by atoms with van der Waals surface area (Å²) >= 11 is 1.41. The third-order valence-electron chi connectivity index (χ3n) is 14.7. The highest BCUT2D eigenvalue weighted by Gasteiger charge is 2.41. The lowest BCUT2D eigenvalue weighted by Gasteiger charge is -2.32. The number of thioether (sulfide) groups is 2. The zero-order valence-corrected chi connectivity index (χ0v) is 58.3. The molecule has 2 rings (SSSR count). The number of unbranched alkanes of at least 4 members (excludes halogenated alkanes) is 2. The number of amides is 10. The van der Waals surface area contributed by atoms with Gasteiger partial charge in [-0.05, 0) is 39.0 Å². The third kappa shape index (κ3) is 37.6. The first-order valence-corrected chi connectivity index (χ1v) is 34.8. The Kier molecular flexibility index (Phi) is 44.8. The molecule has 36 heteroatoms. The summed E-state index contributed by atoms with van der Waals surface area (Å²) in [6.07, 6.45) is 3.14. The molecule has 10 N–H and O–H groups in total. The van der Waals surface area contributed by atoms with E-state index in [4.69, 9.17) is 14.2 Å². The van der Waals surface area contributed by atoms with E-state index in [0.29, 0.717) is 103 Å². The van der Waals surface area contributed by atoms with Crippen molar-refractivity contribution in [1.82, 2.24) is 66.2 Å². The van der Waals surface area contributed by atoms with Gasteiger partial charge in [-0.15, -0.1) is 23.5 Å². The number of nitrogens with one attached hydrogen (secondary N) is 6. The summed E-state index contributed by atoms with van der Waals surface area (Å²) in [4.78, 5) is 190. The maximum atomic E-state index is 14.5. The van der Waals surface area contributed by atoms with Gasteiger partial charge in [-0.2, -0.15) is 0 Å². The van der Waals surface area contributed by atoms with Crippen LogP contribution < -0.4 is 31.9 Å². The second-order valence-electron chi connectivity index (χ2n) is 22.9. The fourth-order valence-electron chi connectivity index (χ4n) is 9.57. The molecule has 0 aliphatic carbocycles. The number of likely N-dealkylation sites (N-methyl/N-ethyl adjacent to an activating group) is 1. The number of carboxylic acid groups (broad SMARTS) is 3. The number of aliphatic carboxylic acids is 3. The van der Waals surface area contributed by atoms with Crippen molar-refractivity contribution < 1.29 is 102 Å². The molecule has 0 spiro atoms. The minimum absolute atomic E-state index is 0.0265. The Morgan fingerprint density at radius 3 is 1.57 bits per heavy atom. The average Bonchev–Trinajstić information content (AvgIpc) is 1.65. The Labute approximate surface area is 575 Å². The quantitative estimate of drug-likeness (QED) is 0.0160. The normalized spacial score (nSPS) is 15.5. The van der Waals surface area contributed by atoms with Crippen LogP contribution in [0.1, 0.15) is 85.5 Å². The number of hydrogen-bond acceptors (Lipinski definition) is 24. The van der Waals surface area contributed by atoms with Crippen LogP contribution in [0.5, 0.6) is 0 Å². The van der Waals surface area contributed by atoms with E-state index in [9.17, 15) is 87.5 Å². The maximum Gasteiger partial charge on any atom is 0.327 e. The summed E-state index contributed by atoms with van der Waals surface area (Å²) in [6.45, 7) is 9.07. The van der Waals surface area contributed by atoms with Gasteiger partial charge in [0.25, 0.3) is 11.8 Å². The zero-order chi connectivity index (χ0) is 72.1. The van der Waals surface area contributed by atoms with Gasteiger partial charge in [0, 0.05) is 117 Å². The lowest BCUT2D eigenvalue weighted by Crippen LogP contribution is -2.53. The number of aldehydes is 1. The lowest BCUT2D eigenvalue weighted by molar-refractivity contribution is -0.143. The number of hydrogen-bond donors (Lipinski definition) is 10.